The quantitative estimate of drug-likeness (QED) is 0.635. The topological polar surface area (TPSA) is 35.5 Å². The third-order valence-corrected chi connectivity index (χ3v) is 2.31. The van der Waals surface area contributed by atoms with E-state index in [-0.39, 0.29) is 17.8 Å². The first kappa shape index (κ1) is 9.68. The molecule has 0 radical (unpaired) electrons. The Hall–Kier alpha value is -0.410. The molecule has 70 valence electrons. The molecular formula is C9H16O3. The van der Waals surface area contributed by atoms with Crippen LogP contribution in [0.5, 0.6) is 0 Å². The first-order chi connectivity index (χ1) is 5.79. The van der Waals surface area contributed by atoms with Gasteiger partial charge in [-0.25, -0.2) is 0 Å². The summed E-state index contributed by atoms with van der Waals surface area (Å²) in [6.45, 7) is 3.30. The Morgan fingerprint density at radius 3 is 2.92 bits per heavy atom. The number of hydrogen-bond donors (Lipinski definition) is 0. The molecule has 0 aromatic carbocycles. The number of ether oxygens (including phenoxy) is 2. The van der Waals surface area contributed by atoms with E-state index < -0.39 is 0 Å². The third kappa shape index (κ3) is 2.05. The summed E-state index contributed by atoms with van der Waals surface area (Å²) in [7, 11) is 1.59. The van der Waals surface area contributed by atoms with E-state index in [0.717, 1.165) is 13.0 Å². The van der Waals surface area contributed by atoms with Gasteiger partial charge in [0.2, 0.25) is 0 Å². The van der Waals surface area contributed by atoms with Gasteiger partial charge in [-0.2, -0.15) is 0 Å². The van der Waals surface area contributed by atoms with Gasteiger partial charge in [-0.15, -0.1) is 0 Å². The summed E-state index contributed by atoms with van der Waals surface area (Å²) in [5.74, 6) is 0.468. The second-order valence-electron chi connectivity index (χ2n) is 3.10. The fraction of sp³-hybridized carbons (Fsp3) is 0.889. The molecule has 3 heteroatoms. The van der Waals surface area contributed by atoms with Crippen molar-refractivity contribution >= 4 is 5.78 Å². The largest absolute Gasteiger partial charge is 0.381 e. The van der Waals surface area contributed by atoms with Gasteiger partial charge in [-0.05, 0) is 6.42 Å². The Morgan fingerprint density at radius 1 is 1.75 bits per heavy atom. The predicted octanol–water partition coefficient (Wildman–Crippen LogP) is 1.02. The molecule has 1 heterocycles. The maximum absolute atomic E-state index is 11.3. The second kappa shape index (κ2) is 4.58. The highest BCUT2D eigenvalue weighted by Gasteiger charge is 2.29. The lowest BCUT2D eigenvalue weighted by Gasteiger charge is -2.18. The Morgan fingerprint density at radius 2 is 2.50 bits per heavy atom. The number of carbonyl (C=O) groups is 1. The second-order valence-corrected chi connectivity index (χ2v) is 3.10. The van der Waals surface area contributed by atoms with Crippen molar-refractivity contribution in [1.82, 2.24) is 0 Å². The summed E-state index contributed by atoms with van der Waals surface area (Å²) in [5, 5.41) is 0. The molecule has 1 aliphatic rings. The monoisotopic (exact) mass is 172 g/mol. The highest BCUT2D eigenvalue weighted by Crippen LogP contribution is 2.20. The average molecular weight is 172 g/mol. The van der Waals surface area contributed by atoms with Gasteiger partial charge in [0.05, 0.1) is 6.61 Å². The number of rotatable bonds is 4. The van der Waals surface area contributed by atoms with E-state index in [1.807, 2.05) is 6.92 Å². The molecule has 0 amide bonds. The Balaban J connectivity index is 2.48. The molecule has 0 aliphatic carbocycles. The summed E-state index contributed by atoms with van der Waals surface area (Å²) in [6.07, 6.45) is 1.26. The summed E-state index contributed by atoms with van der Waals surface area (Å²) in [6, 6.07) is 0. The lowest BCUT2D eigenvalue weighted by molar-refractivity contribution is -0.131. The standard InChI is InChI=1S/C9H16O3/c1-3-8(10)9(11-2)7-4-5-12-6-7/h7,9H,3-6H2,1-2H3. The van der Waals surface area contributed by atoms with Gasteiger partial charge in [-0.1, -0.05) is 6.92 Å². The minimum atomic E-state index is -0.238. The van der Waals surface area contributed by atoms with Crippen LogP contribution >= 0.6 is 0 Å². The summed E-state index contributed by atoms with van der Waals surface area (Å²) < 4.78 is 10.4. The predicted molar refractivity (Wildman–Crippen MR) is 45.0 cm³/mol. The van der Waals surface area contributed by atoms with E-state index in [0.29, 0.717) is 13.0 Å². The average Bonchev–Trinajstić information content (AvgIpc) is 2.58. The van der Waals surface area contributed by atoms with Gasteiger partial charge in [0.1, 0.15) is 6.10 Å². The summed E-state index contributed by atoms with van der Waals surface area (Å²) in [4.78, 5) is 11.3. The Labute approximate surface area is 73.0 Å². The van der Waals surface area contributed by atoms with Crippen LogP contribution in [0.1, 0.15) is 19.8 Å². The van der Waals surface area contributed by atoms with Crippen molar-refractivity contribution < 1.29 is 14.3 Å². The Kier molecular flexibility index (Phi) is 3.69. The molecule has 1 rings (SSSR count). The first-order valence-electron chi connectivity index (χ1n) is 4.42. The number of carbonyl (C=O) groups excluding carboxylic acids is 1. The molecule has 0 aromatic rings. The lowest BCUT2D eigenvalue weighted by atomic mass is 9.97. The minimum absolute atomic E-state index is 0.188. The third-order valence-electron chi connectivity index (χ3n) is 2.31. The van der Waals surface area contributed by atoms with Crippen molar-refractivity contribution in [1.29, 1.82) is 0 Å². The molecule has 1 saturated heterocycles. The van der Waals surface area contributed by atoms with Crippen molar-refractivity contribution in [3.63, 3.8) is 0 Å². The van der Waals surface area contributed by atoms with E-state index in [2.05, 4.69) is 0 Å². The van der Waals surface area contributed by atoms with E-state index in [4.69, 9.17) is 9.47 Å². The van der Waals surface area contributed by atoms with Crippen molar-refractivity contribution in [3.8, 4) is 0 Å². The van der Waals surface area contributed by atoms with Crippen LogP contribution in [0.25, 0.3) is 0 Å². The number of hydrogen-bond acceptors (Lipinski definition) is 3. The fourth-order valence-electron chi connectivity index (χ4n) is 1.58. The molecule has 2 unspecified atom stereocenters. The normalized spacial score (nSPS) is 25.7. The van der Waals surface area contributed by atoms with Crippen molar-refractivity contribution in [2.24, 2.45) is 5.92 Å². The molecule has 0 N–H and O–H groups in total. The van der Waals surface area contributed by atoms with Gasteiger partial charge in [0, 0.05) is 26.1 Å². The zero-order valence-corrected chi connectivity index (χ0v) is 7.71. The van der Waals surface area contributed by atoms with Gasteiger partial charge in [-0.3, -0.25) is 4.79 Å². The van der Waals surface area contributed by atoms with Crippen LogP contribution in [-0.2, 0) is 14.3 Å². The van der Waals surface area contributed by atoms with Crippen molar-refractivity contribution in [3.05, 3.63) is 0 Å². The fourth-order valence-corrected chi connectivity index (χ4v) is 1.58. The van der Waals surface area contributed by atoms with Crippen LogP contribution in [-0.4, -0.2) is 32.2 Å². The van der Waals surface area contributed by atoms with Crippen LogP contribution < -0.4 is 0 Å². The maximum Gasteiger partial charge on any atom is 0.161 e. The highest BCUT2D eigenvalue weighted by atomic mass is 16.5. The zero-order valence-electron chi connectivity index (χ0n) is 7.71. The molecule has 0 spiro atoms. The molecule has 0 aromatic heterocycles. The molecule has 0 bridgehead atoms. The molecule has 12 heavy (non-hydrogen) atoms. The van der Waals surface area contributed by atoms with Crippen LogP contribution in [0.15, 0.2) is 0 Å². The zero-order chi connectivity index (χ0) is 8.97. The smallest absolute Gasteiger partial charge is 0.161 e. The van der Waals surface area contributed by atoms with Gasteiger partial charge < -0.3 is 9.47 Å². The minimum Gasteiger partial charge on any atom is -0.381 e. The number of Topliss-reactive ketones (excluding diaryl/α,β-unsaturated/α-hetero) is 1. The van der Waals surface area contributed by atoms with Gasteiger partial charge in [0.15, 0.2) is 5.78 Å². The first-order valence-corrected chi connectivity index (χ1v) is 4.42. The van der Waals surface area contributed by atoms with Crippen LogP contribution in [0.2, 0.25) is 0 Å². The SMILES string of the molecule is CCC(=O)C(OC)C1CCOC1. The molecular weight excluding hydrogens is 156 g/mol. The highest BCUT2D eigenvalue weighted by molar-refractivity contribution is 5.83. The van der Waals surface area contributed by atoms with E-state index in [9.17, 15) is 4.79 Å². The molecule has 2 atom stereocenters. The van der Waals surface area contributed by atoms with Crippen molar-refractivity contribution in [2.75, 3.05) is 20.3 Å². The molecule has 1 aliphatic heterocycles. The molecule has 1 fully saturated rings. The van der Waals surface area contributed by atoms with E-state index in [1.54, 1.807) is 7.11 Å². The van der Waals surface area contributed by atoms with Crippen LogP contribution in [0, 0.1) is 5.92 Å². The number of methoxy groups -OCH3 is 1. The van der Waals surface area contributed by atoms with Crippen LogP contribution in [0.4, 0.5) is 0 Å². The lowest BCUT2D eigenvalue weighted by Crippen LogP contribution is -2.31. The summed E-state index contributed by atoms with van der Waals surface area (Å²) >= 11 is 0. The maximum atomic E-state index is 11.3. The Bertz CT molecular complexity index is 150. The van der Waals surface area contributed by atoms with E-state index in [1.165, 1.54) is 0 Å². The van der Waals surface area contributed by atoms with Gasteiger partial charge in [0.25, 0.3) is 0 Å². The van der Waals surface area contributed by atoms with Gasteiger partial charge >= 0.3 is 0 Å². The van der Waals surface area contributed by atoms with Crippen LogP contribution in [0.3, 0.4) is 0 Å². The molecule has 3 nitrogen and oxygen atoms in total. The van der Waals surface area contributed by atoms with Crippen molar-refractivity contribution in [2.45, 2.75) is 25.9 Å². The number of ketones is 1. The summed E-state index contributed by atoms with van der Waals surface area (Å²) in [5.41, 5.74) is 0. The molecule has 0 saturated carbocycles. The van der Waals surface area contributed by atoms with E-state index >= 15 is 0 Å².